The molecule has 1 N–H and O–H groups in total. The number of fused-ring (bicyclic) bond motifs is 1. The van der Waals surface area contributed by atoms with Crippen LogP contribution in [0.4, 0.5) is 0 Å². The van der Waals surface area contributed by atoms with Crippen molar-refractivity contribution in [2.24, 2.45) is 4.99 Å². The SMILES string of the molecule is CCCNC(=O)c1ccc2oc(=O)n(Cc3cccc(C4N=CC(OC5CCN(C)CC5)CN4C)c3)c2c1. The van der Waals surface area contributed by atoms with Crippen LogP contribution in [0.2, 0.25) is 0 Å². The third-order valence-electron chi connectivity index (χ3n) is 7.37. The first-order chi connectivity index (χ1) is 18.4. The highest BCUT2D eigenvalue weighted by Crippen LogP contribution is 2.27. The molecule has 38 heavy (non-hydrogen) atoms. The van der Waals surface area contributed by atoms with Gasteiger partial charge < -0.3 is 19.4 Å². The molecule has 1 saturated heterocycles. The van der Waals surface area contributed by atoms with Crippen molar-refractivity contribution in [3.8, 4) is 0 Å². The number of ether oxygens (including phenoxy) is 1. The number of likely N-dealkylation sites (tertiary alicyclic amines) is 1. The second-order valence-corrected chi connectivity index (χ2v) is 10.4. The molecule has 9 nitrogen and oxygen atoms in total. The van der Waals surface area contributed by atoms with Crippen molar-refractivity contribution in [1.82, 2.24) is 19.7 Å². The van der Waals surface area contributed by atoms with Crippen molar-refractivity contribution in [3.05, 3.63) is 69.7 Å². The fourth-order valence-electron chi connectivity index (χ4n) is 5.24. The topological polar surface area (TPSA) is 92.3 Å². The highest BCUT2D eigenvalue weighted by molar-refractivity contribution is 5.97. The Morgan fingerprint density at radius 2 is 1.97 bits per heavy atom. The summed E-state index contributed by atoms with van der Waals surface area (Å²) in [4.78, 5) is 34.6. The molecule has 1 amide bonds. The molecule has 0 aliphatic carbocycles. The van der Waals surface area contributed by atoms with E-state index < -0.39 is 5.76 Å². The van der Waals surface area contributed by atoms with E-state index in [1.807, 2.05) is 25.3 Å². The van der Waals surface area contributed by atoms with Crippen molar-refractivity contribution < 1.29 is 13.9 Å². The van der Waals surface area contributed by atoms with Crippen LogP contribution in [0, 0.1) is 0 Å². The predicted octanol–water partition coefficient (Wildman–Crippen LogP) is 3.28. The van der Waals surface area contributed by atoms with Crippen molar-refractivity contribution >= 4 is 23.2 Å². The Kier molecular flexibility index (Phi) is 8.06. The number of carbonyl (C=O) groups excluding carboxylic acids is 1. The molecule has 2 aliphatic rings. The zero-order valence-electron chi connectivity index (χ0n) is 22.4. The van der Waals surface area contributed by atoms with Gasteiger partial charge in [0.2, 0.25) is 0 Å². The number of likely N-dealkylation sites (N-methyl/N-ethyl adjacent to an activating group) is 1. The van der Waals surface area contributed by atoms with Crippen molar-refractivity contribution in [2.75, 3.05) is 40.3 Å². The quantitative estimate of drug-likeness (QED) is 0.491. The van der Waals surface area contributed by atoms with Gasteiger partial charge in [-0.25, -0.2) is 4.79 Å². The van der Waals surface area contributed by atoms with Crippen LogP contribution in [0.5, 0.6) is 0 Å². The highest BCUT2D eigenvalue weighted by atomic mass is 16.5. The molecule has 2 unspecified atom stereocenters. The first kappa shape index (κ1) is 26.3. The van der Waals surface area contributed by atoms with Crippen LogP contribution in [0.25, 0.3) is 11.1 Å². The molecule has 2 aromatic carbocycles. The van der Waals surface area contributed by atoms with Crippen LogP contribution in [-0.4, -0.2) is 79.0 Å². The van der Waals surface area contributed by atoms with E-state index >= 15 is 0 Å². The zero-order valence-corrected chi connectivity index (χ0v) is 22.4. The van der Waals surface area contributed by atoms with E-state index in [0.717, 1.165) is 50.0 Å². The van der Waals surface area contributed by atoms with Crippen LogP contribution >= 0.6 is 0 Å². The Morgan fingerprint density at radius 1 is 1.16 bits per heavy atom. The lowest BCUT2D eigenvalue weighted by Gasteiger charge is -2.36. The van der Waals surface area contributed by atoms with Gasteiger partial charge in [0.1, 0.15) is 12.3 Å². The van der Waals surface area contributed by atoms with E-state index in [1.165, 1.54) is 0 Å². The molecule has 5 rings (SSSR count). The molecule has 0 radical (unpaired) electrons. The largest absolute Gasteiger partial charge is 0.420 e. The maximum Gasteiger partial charge on any atom is 0.420 e. The summed E-state index contributed by atoms with van der Waals surface area (Å²) in [5.41, 5.74) is 3.59. The molecule has 202 valence electrons. The molecule has 3 heterocycles. The van der Waals surface area contributed by atoms with Gasteiger partial charge in [0.15, 0.2) is 5.58 Å². The van der Waals surface area contributed by atoms with E-state index in [0.29, 0.717) is 29.8 Å². The second kappa shape index (κ2) is 11.6. The highest BCUT2D eigenvalue weighted by Gasteiger charge is 2.27. The van der Waals surface area contributed by atoms with E-state index in [9.17, 15) is 9.59 Å². The first-order valence-electron chi connectivity index (χ1n) is 13.5. The number of aromatic nitrogens is 1. The molecule has 2 atom stereocenters. The van der Waals surface area contributed by atoms with Crippen LogP contribution in [0.1, 0.15) is 53.8 Å². The number of nitrogens with one attached hydrogen (secondary N) is 1. The molecule has 1 fully saturated rings. The van der Waals surface area contributed by atoms with Gasteiger partial charge in [0.05, 0.1) is 18.2 Å². The predicted molar refractivity (Wildman–Crippen MR) is 148 cm³/mol. The van der Waals surface area contributed by atoms with Crippen molar-refractivity contribution in [2.45, 2.75) is 51.1 Å². The standard InChI is InChI=1S/C29H37N5O4/c1-4-12-30-28(35)22-8-9-26-25(16-22)34(29(36)38-26)18-20-6-5-7-21(15-20)27-31-17-24(19-33(27)3)37-23-10-13-32(2)14-11-23/h5-9,15-17,23-24,27H,4,10-14,18-19H2,1-3H3,(H,30,35). The summed E-state index contributed by atoms with van der Waals surface area (Å²) in [7, 11) is 4.22. The Morgan fingerprint density at radius 3 is 2.74 bits per heavy atom. The van der Waals surface area contributed by atoms with Crippen molar-refractivity contribution in [1.29, 1.82) is 0 Å². The number of oxazole rings is 1. The zero-order chi connectivity index (χ0) is 26.6. The number of carbonyl (C=O) groups is 1. The first-order valence-corrected chi connectivity index (χ1v) is 13.5. The summed E-state index contributed by atoms with van der Waals surface area (Å²) in [6.07, 6.45) is 5.09. The third-order valence-corrected chi connectivity index (χ3v) is 7.37. The van der Waals surface area contributed by atoms with Gasteiger partial charge >= 0.3 is 5.76 Å². The second-order valence-electron chi connectivity index (χ2n) is 10.4. The van der Waals surface area contributed by atoms with E-state index in [-0.39, 0.29) is 24.3 Å². The average molecular weight is 520 g/mol. The number of benzene rings is 2. The molecule has 1 aromatic heterocycles. The van der Waals surface area contributed by atoms with Gasteiger partial charge in [-0.1, -0.05) is 31.2 Å². The molecule has 2 aliphatic heterocycles. The molecule has 0 bridgehead atoms. The Labute approximate surface area is 223 Å². The summed E-state index contributed by atoms with van der Waals surface area (Å²) >= 11 is 0. The van der Waals surface area contributed by atoms with Gasteiger partial charge in [-0.3, -0.25) is 19.3 Å². The van der Waals surface area contributed by atoms with Crippen LogP contribution < -0.4 is 11.1 Å². The lowest BCUT2D eigenvalue weighted by atomic mass is 10.1. The number of hydrogen-bond donors (Lipinski definition) is 1. The van der Waals surface area contributed by atoms with Crippen molar-refractivity contribution in [3.63, 3.8) is 0 Å². The van der Waals surface area contributed by atoms with E-state index in [2.05, 4.69) is 41.3 Å². The summed E-state index contributed by atoms with van der Waals surface area (Å²) in [5.74, 6) is -0.606. The number of amides is 1. The minimum atomic E-state index is -0.446. The van der Waals surface area contributed by atoms with Gasteiger partial charge in [-0.05, 0) is 62.7 Å². The summed E-state index contributed by atoms with van der Waals surface area (Å²) in [6.45, 7) is 5.86. The molecule has 0 spiro atoms. The number of nitrogens with zero attached hydrogens (tertiary/aromatic N) is 4. The fraction of sp³-hybridized carbons (Fsp3) is 0.483. The number of rotatable bonds is 8. The maximum atomic E-state index is 12.7. The van der Waals surface area contributed by atoms with E-state index in [4.69, 9.17) is 14.1 Å². The molecule has 9 heteroatoms. The van der Waals surface area contributed by atoms with Gasteiger partial charge in [0, 0.05) is 38.0 Å². The fourth-order valence-corrected chi connectivity index (χ4v) is 5.24. The van der Waals surface area contributed by atoms with E-state index in [1.54, 1.807) is 22.8 Å². The summed E-state index contributed by atoms with van der Waals surface area (Å²) in [5, 5.41) is 2.88. The Bertz CT molecular complexity index is 1350. The molecule has 0 saturated carbocycles. The smallest absolute Gasteiger partial charge is 0.408 e. The Balaban J connectivity index is 1.31. The molecule has 3 aromatic rings. The third kappa shape index (κ3) is 5.90. The minimum absolute atomic E-state index is 0.00701. The van der Waals surface area contributed by atoms with Crippen LogP contribution in [-0.2, 0) is 11.3 Å². The summed E-state index contributed by atoms with van der Waals surface area (Å²) in [6, 6.07) is 13.2. The maximum absolute atomic E-state index is 12.7. The van der Waals surface area contributed by atoms with Gasteiger partial charge in [0.25, 0.3) is 5.91 Å². The molecular formula is C29H37N5O4. The number of aliphatic imine (C=N–C) groups is 1. The van der Waals surface area contributed by atoms with Crippen LogP contribution in [0.15, 0.2) is 56.7 Å². The lowest BCUT2D eigenvalue weighted by molar-refractivity contribution is -0.0269. The van der Waals surface area contributed by atoms with Gasteiger partial charge in [-0.15, -0.1) is 0 Å². The average Bonchev–Trinajstić information content (AvgIpc) is 3.22. The lowest BCUT2D eigenvalue weighted by Crippen LogP contribution is -2.42. The van der Waals surface area contributed by atoms with Gasteiger partial charge in [-0.2, -0.15) is 0 Å². The number of piperidine rings is 1. The minimum Gasteiger partial charge on any atom is -0.408 e. The monoisotopic (exact) mass is 519 g/mol. The van der Waals surface area contributed by atoms with Crippen LogP contribution in [0.3, 0.4) is 0 Å². The number of hydrogen-bond acceptors (Lipinski definition) is 7. The summed E-state index contributed by atoms with van der Waals surface area (Å²) < 4.78 is 13.4. The Hall–Kier alpha value is -3.27. The molecular weight excluding hydrogens is 482 g/mol. The normalized spacial score (nSPS) is 21.2.